The highest BCUT2D eigenvalue weighted by Gasteiger charge is 2.21. The molecule has 10 heteroatoms. The molecule has 0 bridgehead atoms. The number of ether oxygens (including phenoxy) is 4. The minimum absolute atomic E-state index is 0.0156. The van der Waals surface area contributed by atoms with Crippen LogP contribution in [0.15, 0.2) is 12.1 Å². The van der Waals surface area contributed by atoms with Crippen molar-refractivity contribution in [3.05, 3.63) is 34.4 Å². The van der Waals surface area contributed by atoms with Gasteiger partial charge in [0.05, 0.1) is 11.1 Å². The Morgan fingerprint density at radius 1 is 0.786 bits per heavy atom. The Morgan fingerprint density at radius 2 is 1.36 bits per heavy atom. The molecular weight excluding hydrogens is 376 g/mol. The smallest absolute Gasteiger partial charge is 0.336 e. The molecule has 0 heterocycles. The molecule has 1 rings (SSSR count). The Balaban J connectivity index is 2.84. The van der Waals surface area contributed by atoms with Gasteiger partial charge in [-0.05, 0) is 42.9 Å². The Kier molecular flexibility index (Phi) is 12.0. The topological polar surface area (TPSA) is 152 Å². The maximum absolute atomic E-state index is 11.8. The lowest BCUT2D eigenvalue weighted by Crippen LogP contribution is -2.15. The summed E-state index contributed by atoms with van der Waals surface area (Å²) in [6.07, 6.45) is 1.48. The van der Waals surface area contributed by atoms with E-state index in [2.05, 4.69) is 9.47 Å². The Labute approximate surface area is 162 Å². The number of aliphatic hydroxyl groups is 2. The van der Waals surface area contributed by atoms with Crippen molar-refractivity contribution >= 4 is 11.9 Å². The SMILES string of the molecule is O=C(O)c1ccc(CCCOCOCO)c(C(=O)O)c1CCCOCOCO. The van der Waals surface area contributed by atoms with Crippen molar-refractivity contribution in [3.63, 3.8) is 0 Å². The van der Waals surface area contributed by atoms with Crippen molar-refractivity contribution in [2.45, 2.75) is 25.7 Å². The number of aromatic carboxylic acids is 2. The summed E-state index contributed by atoms with van der Waals surface area (Å²) in [6.45, 7) is -0.558. The van der Waals surface area contributed by atoms with E-state index in [9.17, 15) is 19.8 Å². The fourth-order valence-corrected chi connectivity index (χ4v) is 2.66. The van der Waals surface area contributed by atoms with Crippen LogP contribution in [0.25, 0.3) is 0 Å². The zero-order valence-corrected chi connectivity index (χ0v) is 15.5. The van der Waals surface area contributed by atoms with E-state index in [1.807, 2.05) is 0 Å². The van der Waals surface area contributed by atoms with Crippen LogP contribution in [0.5, 0.6) is 0 Å². The third kappa shape index (κ3) is 8.30. The van der Waals surface area contributed by atoms with Gasteiger partial charge in [0.25, 0.3) is 0 Å². The lowest BCUT2D eigenvalue weighted by Gasteiger charge is -2.15. The highest BCUT2D eigenvalue weighted by molar-refractivity contribution is 5.97. The Morgan fingerprint density at radius 3 is 1.86 bits per heavy atom. The van der Waals surface area contributed by atoms with Gasteiger partial charge in [0.1, 0.15) is 27.2 Å². The summed E-state index contributed by atoms with van der Waals surface area (Å²) in [4.78, 5) is 23.3. The van der Waals surface area contributed by atoms with Gasteiger partial charge in [-0.3, -0.25) is 0 Å². The fourth-order valence-electron chi connectivity index (χ4n) is 2.66. The average molecular weight is 402 g/mol. The van der Waals surface area contributed by atoms with Gasteiger partial charge in [-0.2, -0.15) is 0 Å². The van der Waals surface area contributed by atoms with Crippen LogP contribution < -0.4 is 0 Å². The fraction of sp³-hybridized carbons (Fsp3) is 0.556. The largest absolute Gasteiger partial charge is 0.478 e. The van der Waals surface area contributed by atoms with Crippen molar-refractivity contribution in [1.82, 2.24) is 0 Å². The number of carbonyl (C=O) groups is 2. The van der Waals surface area contributed by atoms with Gasteiger partial charge in [-0.25, -0.2) is 9.59 Å². The van der Waals surface area contributed by atoms with E-state index in [-0.39, 0.29) is 43.3 Å². The number of aliphatic hydroxyl groups excluding tert-OH is 2. The summed E-state index contributed by atoms with van der Waals surface area (Å²) in [5.41, 5.74) is 0.691. The molecule has 0 saturated heterocycles. The number of benzene rings is 1. The van der Waals surface area contributed by atoms with E-state index in [0.717, 1.165) is 0 Å². The summed E-state index contributed by atoms with van der Waals surface area (Å²) < 4.78 is 19.5. The van der Waals surface area contributed by atoms with Crippen LogP contribution in [-0.4, -0.2) is 72.8 Å². The number of carboxylic acids is 2. The molecule has 0 atom stereocenters. The van der Waals surface area contributed by atoms with Crippen molar-refractivity contribution in [1.29, 1.82) is 0 Å². The van der Waals surface area contributed by atoms with Gasteiger partial charge in [-0.1, -0.05) is 6.07 Å². The summed E-state index contributed by atoms with van der Waals surface area (Å²) in [5.74, 6) is -2.39. The first-order valence-corrected chi connectivity index (χ1v) is 8.67. The monoisotopic (exact) mass is 402 g/mol. The summed E-state index contributed by atoms with van der Waals surface area (Å²) >= 11 is 0. The van der Waals surface area contributed by atoms with Crippen LogP contribution in [0, 0.1) is 0 Å². The zero-order chi connectivity index (χ0) is 20.8. The summed E-state index contributed by atoms with van der Waals surface area (Å²) in [6, 6.07) is 2.91. The molecule has 0 aliphatic heterocycles. The molecule has 1 aromatic rings. The molecule has 1 aromatic carbocycles. The van der Waals surface area contributed by atoms with Gasteiger partial charge in [0, 0.05) is 13.2 Å². The molecule has 0 amide bonds. The number of aryl methyl sites for hydroxylation is 1. The molecule has 10 nitrogen and oxygen atoms in total. The summed E-state index contributed by atoms with van der Waals surface area (Å²) in [7, 11) is 0. The van der Waals surface area contributed by atoms with Gasteiger partial charge < -0.3 is 39.4 Å². The second-order valence-electron chi connectivity index (χ2n) is 5.66. The average Bonchev–Trinajstić information content (AvgIpc) is 2.66. The van der Waals surface area contributed by atoms with Gasteiger partial charge >= 0.3 is 11.9 Å². The van der Waals surface area contributed by atoms with Crippen molar-refractivity contribution in [2.24, 2.45) is 0 Å². The van der Waals surface area contributed by atoms with Crippen LogP contribution in [0.3, 0.4) is 0 Å². The molecule has 28 heavy (non-hydrogen) atoms. The third-order valence-electron chi connectivity index (χ3n) is 3.81. The normalized spacial score (nSPS) is 10.9. The standard InChI is InChI=1S/C18H26O10/c19-9-27-11-25-7-1-3-13-5-6-15(17(21)22)14(16(13)18(23)24)4-2-8-26-12-28-10-20/h5-6,19-20H,1-4,7-12H2,(H,21,22)(H,23,24). The molecule has 4 N–H and O–H groups in total. The predicted octanol–water partition coefficient (Wildman–Crippen LogP) is 0.829. The van der Waals surface area contributed by atoms with Gasteiger partial charge in [-0.15, -0.1) is 0 Å². The highest BCUT2D eigenvalue weighted by Crippen LogP contribution is 2.23. The number of carboxylic acid groups (broad SMARTS) is 2. The maximum Gasteiger partial charge on any atom is 0.336 e. The molecule has 0 aliphatic rings. The van der Waals surface area contributed by atoms with Gasteiger partial charge in [0.2, 0.25) is 0 Å². The van der Waals surface area contributed by atoms with Crippen LogP contribution in [0.2, 0.25) is 0 Å². The second kappa shape index (κ2) is 14.0. The van der Waals surface area contributed by atoms with E-state index in [0.29, 0.717) is 31.4 Å². The first-order valence-electron chi connectivity index (χ1n) is 8.67. The molecule has 0 unspecified atom stereocenters. The number of hydrogen-bond acceptors (Lipinski definition) is 8. The molecular formula is C18H26O10. The molecule has 0 saturated carbocycles. The molecule has 0 aromatic heterocycles. The Bertz CT molecular complexity index is 617. The Hall–Kier alpha value is -2.08. The summed E-state index contributed by atoms with van der Waals surface area (Å²) in [5, 5.41) is 36.0. The van der Waals surface area contributed by atoms with Crippen LogP contribution in [0.4, 0.5) is 0 Å². The van der Waals surface area contributed by atoms with Crippen LogP contribution in [-0.2, 0) is 31.8 Å². The van der Waals surface area contributed by atoms with E-state index < -0.39 is 25.5 Å². The zero-order valence-electron chi connectivity index (χ0n) is 15.5. The van der Waals surface area contributed by atoms with E-state index in [1.54, 1.807) is 0 Å². The molecule has 0 fully saturated rings. The van der Waals surface area contributed by atoms with E-state index >= 15 is 0 Å². The van der Waals surface area contributed by atoms with E-state index in [1.165, 1.54) is 12.1 Å². The van der Waals surface area contributed by atoms with E-state index in [4.69, 9.17) is 19.7 Å². The number of rotatable bonds is 16. The minimum Gasteiger partial charge on any atom is -0.478 e. The van der Waals surface area contributed by atoms with Crippen molar-refractivity contribution in [2.75, 3.05) is 40.4 Å². The van der Waals surface area contributed by atoms with Crippen molar-refractivity contribution in [3.8, 4) is 0 Å². The maximum atomic E-state index is 11.8. The molecule has 0 radical (unpaired) electrons. The lowest BCUT2D eigenvalue weighted by molar-refractivity contribution is -0.108. The van der Waals surface area contributed by atoms with Gasteiger partial charge in [0.15, 0.2) is 0 Å². The first kappa shape index (κ1) is 24.0. The quantitative estimate of drug-likeness (QED) is 0.231. The minimum atomic E-state index is -1.20. The van der Waals surface area contributed by atoms with Crippen LogP contribution >= 0.6 is 0 Å². The number of hydrogen-bond donors (Lipinski definition) is 4. The second-order valence-corrected chi connectivity index (χ2v) is 5.66. The first-order chi connectivity index (χ1) is 13.5. The van der Waals surface area contributed by atoms with Crippen molar-refractivity contribution < 1.29 is 49.0 Å². The molecule has 0 aliphatic carbocycles. The van der Waals surface area contributed by atoms with Crippen LogP contribution in [0.1, 0.15) is 44.7 Å². The molecule has 0 spiro atoms. The third-order valence-corrected chi connectivity index (χ3v) is 3.81. The highest BCUT2D eigenvalue weighted by atomic mass is 16.7. The lowest BCUT2D eigenvalue weighted by atomic mass is 9.91. The molecule has 158 valence electrons. The predicted molar refractivity (Wildman–Crippen MR) is 95.0 cm³/mol.